The van der Waals surface area contributed by atoms with Gasteiger partial charge in [0, 0.05) is 19.1 Å². The van der Waals surface area contributed by atoms with Crippen LogP contribution in [-0.2, 0) is 9.53 Å². The van der Waals surface area contributed by atoms with Crippen LogP contribution in [0.15, 0.2) is 0 Å². The Kier molecular flexibility index (Phi) is 6.09. The minimum Gasteiger partial charge on any atom is -0.366 e. The van der Waals surface area contributed by atoms with Gasteiger partial charge in [-0.25, -0.2) is 0 Å². The molecule has 0 saturated carbocycles. The first-order chi connectivity index (χ1) is 8.42. The molecule has 0 aliphatic carbocycles. The lowest BCUT2D eigenvalue weighted by molar-refractivity contribution is -0.141. The van der Waals surface area contributed by atoms with Gasteiger partial charge in [-0.3, -0.25) is 4.79 Å². The van der Waals surface area contributed by atoms with E-state index in [1.807, 2.05) is 32.6 Å². The molecule has 1 rings (SSSR count). The highest BCUT2D eigenvalue weighted by Crippen LogP contribution is 2.10. The summed E-state index contributed by atoms with van der Waals surface area (Å²) in [6.45, 7) is 10.8. The Morgan fingerprint density at radius 2 is 2.11 bits per heavy atom. The lowest BCUT2D eigenvalue weighted by Crippen LogP contribution is -2.47. The molecule has 1 heterocycles. The van der Waals surface area contributed by atoms with E-state index in [1.165, 1.54) is 19.3 Å². The zero-order valence-corrected chi connectivity index (χ0v) is 12.3. The van der Waals surface area contributed by atoms with E-state index in [1.54, 1.807) is 0 Å². The van der Waals surface area contributed by atoms with Crippen molar-refractivity contribution < 1.29 is 9.53 Å². The van der Waals surface area contributed by atoms with Crippen molar-refractivity contribution in [1.29, 1.82) is 0 Å². The molecule has 4 nitrogen and oxygen atoms in total. The lowest BCUT2D eigenvalue weighted by Gasteiger charge is -2.30. The minimum atomic E-state index is -0.252. The molecule has 18 heavy (non-hydrogen) atoms. The molecule has 1 aliphatic rings. The Bertz CT molecular complexity index is 255. The molecule has 1 unspecified atom stereocenters. The summed E-state index contributed by atoms with van der Waals surface area (Å²) in [5.41, 5.74) is -0.252. The SMILES string of the molecule is CCN(CC1CCCCN1)C(=O)COC(C)(C)C. The molecule has 1 aliphatic heterocycles. The fraction of sp³-hybridized carbons (Fsp3) is 0.929. The first-order valence-corrected chi connectivity index (χ1v) is 7.07. The van der Waals surface area contributed by atoms with Gasteiger partial charge in [-0.15, -0.1) is 0 Å². The van der Waals surface area contributed by atoms with E-state index >= 15 is 0 Å². The first kappa shape index (κ1) is 15.4. The number of hydrogen-bond acceptors (Lipinski definition) is 3. The maximum atomic E-state index is 12.1. The maximum absolute atomic E-state index is 12.1. The van der Waals surface area contributed by atoms with Gasteiger partial charge in [-0.2, -0.15) is 0 Å². The average Bonchev–Trinajstić information content (AvgIpc) is 2.33. The summed E-state index contributed by atoms with van der Waals surface area (Å²) in [7, 11) is 0. The molecule has 4 heteroatoms. The van der Waals surface area contributed by atoms with Crippen molar-refractivity contribution in [3.63, 3.8) is 0 Å². The number of nitrogens with zero attached hydrogens (tertiary/aromatic N) is 1. The van der Waals surface area contributed by atoms with Gasteiger partial charge in [-0.05, 0) is 47.1 Å². The van der Waals surface area contributed by atoms with Gasteiger partial charge < -0.3 is 15.0 Å². The number of rotatable bonds is 5. The van der Waals surface area contributed by atoms with Crippen molar-refractivity contribution >= 4 is 5.91 Å². The molecule has 106 valence electrons. The number of likely N-dealkylation sites (N-methyl/N-ethyl adjacent to an activating group) is 1. The highest BCUT2D eigenvalue weighted by molar-refractivity contribution is 5.77. The lowest BCUT2D eigenvalue weighted by atomic mass is 10.0. The fourth-order valence-corrected chi connectivity index (χ4v) is 2.12. The molecule has 0 aromatic heterocycles. The van der Waals surface area contributed by atoms with Crippen LogP contribution in [0.5, 0.6) is 0 Å². The number of hydrogen-bond donors (Lipinski definition) is 1. The third-order valence-corrected chi connectivity index (χ3v) is 3.22. The molecule has 0 aromatic rings. The molecule has 1 amide bonds. The van der Waals surface area contributed by atoms with Gasteiger partial charge in [0.25, 0.3) is 0 Å². The summed E-state index contributed by atoms with van der Waals surface area (Å²) < 4.78 is 5.55. The second kappa shape index (κ2) is 7.10. The number of amides is 1. The first-order valence-electron chi connectivity index (χ1n) is 7.07. The molecule has 1 atom stereocenters. The fourth-order valence-electron chi connectivity index (χ4n) is 2.12. The van der Waals surface area contributed by atoms with Crippen molar-refractivity contribution in [2.75, 3.05) is 26.2 Å². The highest BCUT2D eigenvalue weighted by Gasteiger charge is 2.21. The monoisotopic (exact) mass is 256 g/mol. The number of ether oxygens (including phenoxy) is 1. The van der Waals surface area contributed by atoms with Crippen LogP contribution in [0.2, 0.25) is 0 Å². The van der Waals surface area contributed by atoms with Crippen LogP contribution in [0, 0.1) is 0 Å². The summed E-state index contributed by atoms with van der Waals surface area (Å²) in [5, 5.41) is 3.48. The van der Waals surface area contributed by atoms with Crippen LogP contribution >= 0.6 is 0 Å². The van der Waals surface area contributed by atoms with Crippen molar-refractivity contribution in [3.8, 4) is 0 Å². The molecule has 0 radical (unpaired) electrons. The van der Waals surface area contributed by atoms with Crippen molar-refractivity contribution in [1.82, 2.24) is 10.2 Å². The smallest absolute Gasteiger partial charge is 0.248 e. The molecular weight excluding hydrogens is 228 g/mol. The summed E-state index contributed by atoms with van der Waals surface area (Å²) in [4.78, 5) is 14.0. The van der Waals surface area contributed by atoms with E-state index < -0.39 is 0 Å². The zero-order valence-electron chi connectivity index (χ0n) is 12.3. The third-order valence-electron chi connectivity index (χ3n) is 3.22. The van der Waals surface area contributed by atoms with Crippen LogP contribution in [0.4, 0.5) is 0 Å². The van der Waals surface area contributed by atoms with Gasteiger partial charge in [0.2, 0.25) is 5.91 Å². The van der Waals surface area contributed by atoms with E-state index in [-0.39, 0.29) is 18.1 Å². The van der Waals surface area contributed by atoms with Gasteiger partial charge >= 0.3 is 0 Å². The Morgan fingerprint density at radius 3 is 2.61 bits per heavy atom. The second-order valence-corrected chi connectivity index (χ2v) is 5.98. The van der Waals surface area contributed by atoms with Crippen LogP contribution < -0.4 is 5.32 Å². The summed E-state index contributed by atoms with van der Waals surface area (Å²) in [5.74, 6) is 0.0970. The summed E-state index contributed by atoms with van der Waals surface area (Å²) in [6, 6.07) is 0.456. The molecule has 1 fully saturated rings. The third kappa shape index (κ3) is 5.83. The second-order valence-electron chi connectivity index (χ2n) is 5.98. The average molecular weight is 256 g/mol. The largest absolute Gasteiger partial charge is 0.366 e. The molecule has 0 aromatic carbocycles. The quantitative estimate of drug-likeness (QED) is 0.815. The van der Waals surface area contributed by atoms with Gasteiger partial charge in [0.15, 0.2) is 0 Å². The number of piperidine rings is 1. The molecular formula is C14H28N2O2. The highest BCUT2D eigenvalue weighted by atomic mass is 16.5. The molecule has 0 bridgehead atoms. The standard InChI is InChI=1S/C14H28N2O2/c1-5-16(10-12-8-6-7-9-15-12)13(17)11-18-14(2,3)4/h12,15H,5-11H2,1-4H3. The van der Waals surface area contributed by atoms with E-state index in [9.17, 15) is 4.79 Å². The van der Waals surface area contributed by atoms with E-state index in [0.29, 0.717) is 6.04 Å². The van der Waals surface area contributed by atoms with Gasteiger partial charge in [0.05, 0.1) is 5.60 Å². The van der Waals surface area contributed by atoms with E-state index in [2.05, 4.69) is 5.32 Å². The maximum Gasteiger partial charge on any atom is 0.248 e. The van der Waals surface area contributed by atoms with Crippen molar-refractivity contribution in [3.05, 3.63) is 0 Å². The molecule has 0 spiro atoms. The van der Waals surface area contributed by atoms with Crippen LogP contribution in [-0.4, -0.2) is 48.7 Å². The van der Waals surface area contributed by atoms with E-state index in [0.717, 1.165) is 19.6 Å². The van der Waals surface area contributed by atoms with Gasteiger partial charge in [0.1, 0.15) is 6.61 Å². The summed E-state index contributed by atoms with van der Waals surface area (Å²) >= 11 is 0. The number of nitrogens with one attached hydrogen (secondary N) is 1. The topological polar surface area (TPSA) is 41.6 Å². The predicted molar refractivity (Wildman–Crippen MR) is 73.6 cm³/mol. The Balaban J connectivity index is 2.36. The van der Waals surface area contributed by atoms with Crippen LogP contribution in [0.1, 0.15) is 47.0 Å². The normalized spacial score (nSPS) is 20.8. The minimum absolute atomic E-state index is 0.0970. The Morgan fingerprint density at radius 1 is 1.39 bits per heavy atom. The Hall–Kier alpha value is -0.610. The number of carbonyl (C=O) groups is 1. The van der Waals surface area contributed by atoms with Gasteiger partial charge in [-0.1, -0.05) is 6.42 Å². The van der Waals surface area contributed by atoms with Crippen molar-refractivity contribution in [2.24, 2.45) is 0 Å². The number of carbonyl (C=O) groups excluding carboxylic acids is 1. The summed E-state index contributed by atoms with van der Waals surface area (Å²) in [6.07, 6.45) is 3.69. The van der Waals surface area contributed by atoms with Crippen LogP contribution in [0.3, 0.4) is 0 Å². The molecule has 1 saturated heterocycles. The molecule has 1 N–H and O–H groups in total. The predicted octanol–water partition coefficient (Wildman–Crippen LogP) is 1.79. The van der Waals surface area contributed by atoms with Crippen LogP contribution in [0.25, 0.3) is 0 Å². The van der Waals surface area contributed by atoms with E-state index in [4.69, 9.17) is 4.74 Å². The van der Waals surface area contributed by atoms with Crippen molar-refractivity contribution in [2.45, 2.75) is 58.6 Å². The zero-order chi connectivity index (χ0) is 13.6. The Labute approximate surface area is 111 Å².